The van der Waals surface area contributed by atoms with Gasteiger partial charge in [-0.05, 0) is 36.5 Å². The Morgan fingerprint density at radius 2 is 1.20 bits per heavy atom. The van der Waals surface area contributed by atoms with E-state index in [4.69, 9.17) is 47.4 Å². The van der Waals surface area contributed by atoms with Gasteiger partial charge in [0.2, 0.25) is 35.4 Å². The Morgan fingerprint density at radius 1 is 0.641 bits per heavy atom. The van der Waals surface area contributed by atoms with Crippen molar-refractivity contribution < 1.29 is 106 Å². The first-order valence-electron chi connectivity index (χ1n) is 31.4. The van der Waals surface area contributed by atoms with Gasteiger partial charge in [0.25, 0.3) is 5.79 Å². The zero-order valence-corrected chi connectivity index (χ0v) is 52.9. The lowest BCUT2D eigenvalue weighted by Crippen LogP contribution is -2.68. The molecule has 2 aromatic rings. The molecule has 0 radical (unpaired) electrons. The molecule has 92 heavy (non-hydrogen) atoms. The number of benzene rings is 1. The fraction of sp³-hybridized carbons (Fsp3) is 0.759. The van der Waals surface area contributed by atoms with Gasteiger partial charge in [-0.25, -0.2) is 9.59 Å². The maximum Gasteiger partial charge on any atom is 0.364 e. The number of amides is 7. The standard InChI is InChI=1S/C58H95N11O22S/c70-38-50(77)64-52-43(71)36-58(56(79)80,91-54(52)53(78)44(72)37-62-49(76)35-40-9-11-41(12-10-40)55-66-68-69-67-55)90-18-6-2-1-5-15-59-47(74)13-19-82-23-27-86-31-34-89-30-26-85-22-17-61-48(75)14-20-83-24-28-87-32-33-88-29-25-84-21-16-60-46(73)8-4-3-7-45-51-42(39-92-45)63-57(81)65-51/h9-12,42-45,51-54,70-72,78H,1-8,13-39H2,(H,59,74)(H,60,73)(H,61,75)(H,62,76)(H,64,77)(H,79,80)(H2,63,65,81)(H,66,67,68,69)/t42-,43+,44-,45-,51-,52-,53-,54-,58-/m1/s1. The molecule has 13 N–H and O–H groups in total. The molecular weight excluding hydrogens is 1230 g/mol. The summed E-state index contributed by atoms with van der Waals surface area (Å²) >= 11 is 1.88. The third-order valence-corrected chi connectivity index (χ3v) is 16.2. The summed E-state index contributed by atoms with van der Waals surface area (Å²) in [6.45, 7) is 5.05. The summed E-state index contributed by atoms with van der Waals surface area (Å²) in [5.41, 5.74) is 1.27. The second kappa shape index (κ2) is 45.5. The molecule has 4 heterocycles. The first-order chi connectivity index (χ1) is 44.7. The molecule has 0 bridgehead atoms. The van der Waals surface area contributed by atoms with Gasteiger partial charge in [-0.2, -0.15) is 17.0 Å². The number of tetrazole rings is 1. The molecule has 3 saturated heterocycles. The van der Waals surface area contributed by atoms with E-state index in [1.54, 1.807) is 24.3 Å². The molecule has 3 fully saturated rings. The zero-order valence-electron chi connectivity index (χ0n) is 52.1. The van der Waals surface area contributed by atoms with Gasteiger partial charge in [0.05, 0.1) is 149 Å². The average Bonchev–Trinajstić information content (AvgIpc) is 1.04. The highest BCUT2D eigenvalue weighted by molar-refractivity contribution is 8.00. The molecule has 34 heteroatoms. The molecule has 33 nitrogen and oxygen atoms in total. The van der Waals surface area contributed by atoms with Crippen molar-refractivity contribution in [3.63, 3.8) is 0 Å². The van der Waals surface area contributed by atoms with E-state index in [0.717, 1.165) is 25.0 Å². The van der Waals surface area contributed by atoms with Crippen LogP contribution in [0, 0.1) is 0 Å². The van der Waals surface area contributed by atoms with Gasteiger partial charge >= 0.3 is 12.0 Å². The number of hydrogen-bond donors (Lipinski definition) is 13. The Hall–Kier alpha value is -5.83. The number of carbonyl (C=O) groups excluding carboxylic acids is 6. The Kier molecular flexibility index (Phi) is 38.0. The second-order valence-corrected chi connectivity index (χ2v) is 23.0. The highest BCUT2D eigenvalue weighted by Crippen LogP contribution is 2.35. The Labute approximate surface area is 538 Å². The van der Waals surface area contributed by atoms with E-state index in [-0.39, 0.29) is 81.5 Å². The van der Waals surface area contributed by atoms with Gasteiger partial charge in [-0.15, -0.1) is 10.2 Å². The molecule has 1 aromatic heterocycles. The summed E-state index contributed by atoms with van der Waals surface area (Å²) in [6, 6.07) is 5.57. The minimum Gasteiger partial charge on any atom is -0.477 e. The smallest absolute Gasteiger partial charge is 0.364 e. The lowest BCUT2D eigenvalue weighted by Gasteiger charge is -2.46. The van der Waals surface area contributed by atoms with E-state index >= 15 is 0 Å². The van der Waals surface area contributed by atoms with Crippen LogP contribution in [0.15, 0.2) is 24.3 Å². The number of carboxylic acid groups (broad SMARTS) is 1. The van der Waals surface area contributed by atoms with Crippen LogP contribution in [-0.4, -0.2) is 292 Å². The van der Waals surface area contributed by atoms with Crippen LogP contribution < -0.4 is 37.2 Å². The third kappa shape index (κ3) is 30.5. The minimum atomic E-state index is -2.50. The SMILES string of the molecule is O=C(CCCC[C@H]1SC[C@H]2NC(=O)N[C@H]21)NCCOCCOCCOCCOCCC(=O)NCCOCCOCCOCCOCCC(=O)NCCCCCCO[C@]1(C(=O)O)C[C@H](O)[C@@H](NC(=O)CO)[C@H]([C@H](O)[C@H](O)CNC(=O)Cc2ccc(-c3nn[nH]n3)cc2)O1. The number of H-pyrrole nitrogens is 1. The third-order valence-electron chi connectivity index (χ3n) is 14.7. The molecule has 0 spiro atoms. The Balaban J connectivity index is 0.744. The molecule has 5 rings (SSSR count). The average molecular weight is 1330 g/mol. The predicted molar refractivity (Wildman–Crippen MR) is 326 cm³/mol. The normalized spacial score (nSPS) is 20.8. The van der Waals surface area contributed by atoms with Crippen molar-refractivity contribution in [2.24, 2.45) is 0 Å². The maximum atomic E-state index is 12.7. The van der Waals surface area contributed by atoms with Gasteiger partial charge in [0.15, 0.2) is 0 Å². The number of urea groups is 1. The first-order valence-corrected chi connectivity index (χ1v) is 32.4. The first kappa shape index (κ1) is 76.9. The Morgan fingerprint density at radius 3 is 1.76 bits per heavy atom. The highest BCUT2D eigenvalue weighted by atomic mass is 32.2. The number of aromatic amines is 1. The lowest BCUT2D eigenvalue weighted by molar-refractivity contribution is -0.310. The molecular formula is C58H95N11O22S. The van der Waals surface area contributed by atoms with Crippen molar-refractivity contribution in [3.8, 4) is 11.4 Å². The summed E-state index contributed by atoms with van der Waals surface area (Å²) in [5.74, 6) is -4.67. The molecule has 0 saturated carbocycles. The fourth-order valence-corrected chi connectivity index (χ4v) is 11.3. The van der Waals surface area contributed by atoms with Crippen LogP contribution in [0.3, 0.4) is 0 Å². The molecule has 7 amide bonds. The van der Waals surface area contributed by atoms with E-state index < -0.39 is 73.6 Å². The topological polar surface area (TPSA) is 452 Å². The second-order valence-electron chi connectivity index (χ2n) is 21.7. The molecule has 3 aliphatic heterocycles. The number of carbonyl (C=O) groups is 7. The number of carboxylic acids is 1. The van der Waals surface area contributed by atoms with Gasteiger partial charge in [-0.1, -0.05) is 43.5 Å². The maximum absolute atomic E-state index is 12.7. The lowest BCUT2D eigenvalue weighted by atomic mass is 9.88. The van der Waals surface area contributed by atoms with E-state index in [0.29, 0.717) is 160 Å². The predicted octanol–water partition coefficient (Wildman–Crippen LogP) is -2.78. The number of thioether (sulfide) groups is 1. The minimum absolute atomic E-state index is 0.0102. The number of aliphatic carboxylic acids is 1. The largest absolute Gasteiger partial charge is 0.477 e. The van der Waals surface area contributed by atoms with Crippen molar-refractivity contribution in [2.75, 3.05) is 151 Å². The molecule has 3 aliphatic rings. The fourth-order valence-electron chi connectivity index (χ4n) is 9.77. The van der Waals surface area contributed by atoms with Gasteiger partial charge in [-0.3, -0.25) is 24.0 Å². The van der Waals surface area contributed by atoms with Crippen LogP contribution in [0.5, 0.6) is 0 Å². The van der Waals surface area contributed by atoms with Crippen LogP contribution in [0.25, 0.3) is 11.4 Å². The molecule has 520 valence electrons. The number of nitrogens with one attached hydrogen (secondary N) is 8. The van der Waals surface area contributed by atoms with Gasteiger partial charge < -0.3 is 110 Å². The number of nitrogens with zero attached hydrogens (tertiary/aromatic N) is 3. The summed E-state index contributed by atoms with van der Waals surface area (Å²) < 4.78 is 55.4. The monoisotopic (exact) mass is 1330 g/mol. The molecule has 9 atom stereocenters. The van der Waals surface area contributed by atoms with Crippen molar-refractivity contribution in [2.45, 2.75) is 131 Å². The number of aromatic nitrogens is 4. The number of rotatable bonds is 53. The van der Waals surface area contributed by atoms with Crippen molar-refractivity contribution in [1.82, 2.24) is 57.8 Å². The van der Waals surface area contributed by atoms with E-state index in [2.05, 4.69) is 57.8 Å². The molecule has 1 aromatic carbocycles. The molecule has 0 unspecified atom stereocenters. The van der Waals surface area contributed by atoms with Crippen LogP contribution in [-0.2, 0) is 82.6 Å². The Bertz CT molecular complexity index is 2430. The van der Waals surface area contributed by atoms with Crippen LogP contribution in [0.1, 0.15) is 76.2 Å². The van der Waals surface area contributed by atoms with Crippen LogP contribution in [0.2, 0.25) is 0 Å². The number of aliphatic hydroxyl groups excluding tert-OH is 4. The van der Waals surface area contributed by atoms with Crippen LogP contribution in [0.4, 0.5) is 4.79 Å². The summed E-state index contributed by atoms with van der Waals surface area (Å²) in [6.07, 6.45) is -2.24. The highest BCUT2D eigenvalue weighted by Gasteiger charge is 2.56. The van der Waals surface area contributed by atoms with Gasteiger partial charge in [0, 0.05) is 68.4 Å². The summed E-state index contributed by atoms with van der Waals surface area (Å²) in [4.78, 5) is 85.5. The molecule has 0 aliphatic carbocycles. The number of ether oxygens (including phenoxy) is 10. The van der Waals surface area contributed by atoms with Crippen LogP contribution >= 0.6 is 11.8 Å². The summed E-state index contributed by atoms with van der Waals surface area (Å²) in [7, 11) is 0. The summed E-state index contributed by atoms with van der Waals surface area (Å²) in [5, 5.41) is 86.1. The van der Waals surface area contributed by atoms with Crippen molar-refractivity contribution in [1.29, 1.82) is 0 Å². The van der Waals surface area contributed by atoms with Crippen molar-refractivity contribution >= 4 is 53.3 Å². The zero-order chi connectivity index (χ0) is 66.0. The number of hydrogen-bond acceptors (Lipinski definition) is 25. The quantitative estimate of drug-likeness (QED) is 0.0235. The van der Waals surface area contributed by atoms with Crippen molar-refractivity contribution in [3.05, 3.63) is 29.8 Å². The van der Waals surface area contributed by atoms with E-state index in [1.807, 2.05) is 11.8 Å². The van der Waals surface area contributed by atoms with Gasteiger partial charge in [0.1, 0.15) is 18.8 Å². The number of fused-ring (bicyclic) bond motifs is 1. The number of aliphatic hydroxyl groups is 4. The van der Waals surface area contributed by atoms with E-state index in [1.165, 1.54) is 0 Å². The number of unbranched alkanes of at least 4 members (excludes halogenated alkanes) is 4. The van der Waals surface area contributed by atoms with E-state index in [9.17, 15) is 59.1 Å².